The van der Waals surface area contributed by atoms with Crippen LogP contribution in [-0.2, 0) is 16.1 Å². The standard InChI is InChI=1S/C17H17NO4S/c1-3-12(19)13-14(16-10(2)6-8-23-16)18(17(21)15(13)20)9-11-5-4-7-22-11/h4-8,14,20H,3,9H2,1-2H3. The van der Waals surface area contributed by atoms with Crippen molar-refractivity contribution < 1.29 is 19.1 Å². The highest BCUT2D eigenvalue weighted by atomic mass is 32.1. The van der Waals surface area contributed by atoms with E-state index in [0.29, 0.717) is 5.76 Å². The first-order valence-corrected chi connectivity index (χ1v) is 8.26. The van der Waals surface area contributed by atoms with Crippen LogP contribution < -0.4 is 0 Å². The molecule has 5 nitrogen and oxygen atoms in total. The fourth-order valence-corrected chi connectivity index (χ4v) is 3.85. The van der Waals surface area contributed by atoms with Crippen LogP contribution in [0.25, 0.3) is 0 Å². The van der Waals surface area contributed by atoms with E-state index in [9.17, 15) is 14.7 Å². The summed E-state index contributed by atoms with van der Waals surface area (Å²) in [5.41, 5.74) is 1.18. The molecule has 0 bridgehead atoms. The maximum Gasteiger partial charge on any atom is 0.290 e. The molecular formula is C17H17NO4S. The lowest BCUT2D eigenvalue weighted by molar-refractivity contribution is -0.130. The van der Waals surface area contributed by atoms with E-state index in [-0.39, 0.29) is 24.3 Å². The highest BCUT2D eigenvalue weighted by Crippen LogP contribution is 2.42. The molecule has 0 saturated heterocycles. The summed E-state index contributed by atoms with van der Waals surface area (Å²) in [6, 6.07) is 4.90. The van der Waals surface area contributed by atoms with Crippen molar-refractivity contribution in [2.45, 2.75) is 32.9 Å². The quantitative estimate of drug-likeness (QED) is 0.910. The average molecular weight is 331 g/mol. The number of nitrogens with zero attached hydrogens (tertiary/aromatic N) is 1. The van der Waals surface area contributed by atoms with Crippen LogP contribution in [0.1, 0.15) is 35.6 Å². The van der Waals surface area contributed by atoms with Crippen LogP contribution in [0, 0.1) is 6.92 Å². The molecular weight excluding hydrogens is 314 g/mol. The molecule has 1 aliphatic rings. The normalized spacial score (nSPS) is 18.1. The number of rotatable bonds is 5. The molecule has 0 spiro atoms. The molecule has 0 radical (unpaired) electrons. The van der Waals surface area contributed by atoms with E-state index < -0.39 is 17.7 Å². The highest BCUT2D eigenvalue weighted by Gasteiger charge is 2.44. The molecule has 1 unspecified atom stereocenters. The molecule has 1 aliphatic heterocycles. The van der Waals surface area contributed by atoms with Gasteiger partial charge in [-0.15, -0.1) is 11.3 Å². The van der Waals surface area contributed by atoms with Gasteiger partial charge in [0, 0.05) is 11.3 Å². The molecule has 0 aromatic carbocycles. The van der Waals surface area contributed by atoms with Crippen LogP contribution in [0.4, 0.5) is 0 Å². The van der Waals surface area contributed by atoms with Gasteiger partial charge < -0.3 is 14.4 Å². The van der Waals surface area contributed by atoms with Crippen molar-refractivity contribution in [3.63, 3.8) is 0 Å². The zero-order chi connectivity index (χ0) is 16.6. The Balaban J connectivity index is 2.07. The monoisotopic (exact) mass is 331 g/mol. The molecule has 1 N–H and O–H groups in total. The van der Waals surface area contributed by atoms with E-state index in [2.05, 4.69) is 0 Å². The van der Waals surface area contributed by atoms with Gasteiger partial charge in [-0.1, -0.05) is 6.92 Å². The van der Waals surface area contributed by atoms with E-state index in [1.54, 1.807) is 19.1 Å². The first-order chi connectivity index (χ1) is 11.0. The summed E-state index contributed by atoms with van der Waals surface area (Å²) in [4.78, 5) is 27.2. The number of aliphatic hydroxyl groups is 1. The third-order valence-corrected chi connectivity index (χ3v) is 5.05. The number of aryl methyl sites for hydroxylation is 1. The van der Waals surface area contributed by atoms with Crippen LogP contribution in [-0.4, -0.2) is 21.7 Å². The third kappa shape index (κ3) is 2.59. The van der Waals surface area contributed by atoms with Gasteiger partial charge in [0.2, 0.25) is 0 Å². The lowest BCUT2D eigenvalue weighted by Crippen LogP contribution is -2.30. The fraction of sp³-hybridized carbons (Fsp3) is 0.294. The minimum Gasteiger partial charge on any atom is -0.503 e. The summed E-state index contributed by atoms with van der Waals surface area (Å²) < 4.78 is 5.32. The number of furan rings is 1. The average Bonchev–Trinajstić information content (AvgIpc) is 3.24. The zero-order valence-electron chi connectivity index (χ0n) is 12.9. The Labute approximate surface area is 137 Å². The number of carbonyl (C=O) groups is 2. The molecule has 23 heavy (non-hydrogen) atoms. The van der Waals surface area contributed by atoms with Crippen LogP contribution in [0.5, 0.6) is 0 Å². The van der Waals surface area contributed by atoms with Crippen LogP contribution in [0.15, 0.2) is 45.6 Å². The minimum atomic E-state index is -0.556. The Morgan fingerprint density at radius 2 is 2.22 bits per heavy atom. The lowest BCUT2D eigenvalue weighted by Gasteiger charge is -2.25. The number of amides is 1. The second-order valence-corrected chi connectivity index (χ2v) is 6.37. The molecule has 1 atom stereocenters. The first-order valence-electron chi connectivity index (χ1n) is 7.38. The second kappa shape index (κ2) is 6.04. The Morgan fingerprint density at radius 3 is 2.78 bits per heavy atom. The van der Waals surface area contributed by atoms with Crippen LogP contribution in [0.2, 0.25) is 0 Å². The Kier molecular flexibility index (Phi) is 4.09. The van der Waals surface area contributed by atoms with Gasteiger partial charge in [-0.3, -0.25) is 9.59 Å². The summed E-state index contributed by atoms with van der Waals surface area (Å²) >= 11 is 1.48. The number of hydrogen-bond donors (Lipinski definition) is 1. The maximum atomic E-state index is 12.5. The highest BCUT2D eigenvalue weighted by molar-refractivity contribution is 7.10. The zero-order valence-corrected chi connectivity index (χ0v) is 13.7. The first kappa shape index (κ1) is 15.6. The van der Waals surface area contributed by atoms with Gasteiger partial charge in [-0.25, -0.2) is 0 Å². The van der Waals surface area contributed by atoms with E-state index in [0.717, 1.165) is 10.4 Å². The fourth-order valence-electron chi connectivity index (χ4n) is 2.80. The van der Waals surface area contributed by atoms with Crippen molar-refractivity contribution in [2.75, 3.05) is 0 Å². The van der Waals surface area contributed by atoms with Gasteiger partial charge in [0.25, 0.3) is 5.91 Å². The molecule has 2 aromatic heterocycles. The van der Waals surface area contributed by atoms with Crippen LogP contribution >= 0.6 is 11.3 Å². The van der Waals surface area contributed by atoms with Gasteiger partial charge >= 0.3 is 0 Å². The molecule has 0 aliphatic carbocycles. The molecule has 0 saturated carbocycles. The van der Waals surface area contributed by atoms with Gasteiger partial charge in [-0.2, -0.15) is 0 Å². The topological polar surface area (TPSA) is 70.8 Å². The number of carbonyl (C=O) groups excluding carboxylic acids is 2. The number of ketones is 1. The van der Waals surface area contributed by atoms with Gasteiger partial charge in [0.05, 0.1) is 18.4 Å². The Hall–Kier alpha value is -2.34. The molecule has 3 rings (SSSR count). The maximum absolute atomic E-state index is 12.5. The summed E-state index contributed by atoms with van der Waals surface area (Å²) in [5, 5.41) is 12.2. The molecule has 3 heterocycles. The van der Waals surface area contributed by atoms with Crippen molar-refractivity contribution in [3.05, 3.63) is 57.4 Å². The van der Waals surface area contributed by atoms with Crippen molar-refractivity contribution in [1.82, 2.24) is 4.90 Å². The molecule has 6 heteroatoms. The Morgan fingerprint density at radius 1 is 1.43 bits per heavy atom. The van der Waals surface area contributed by atoms with Gasteiger partial charge in [-0.05, 0) is 36.1 Å². The number of thiophene rings is 1. The number of aliphatic hydroxyl groups excluding tert-OH is 1. The van der Waals surface area contributed by atoms with E-state index in [4.69, 9.17) is 4.42 Å². The number of Topliss-reactive ketones (excluding diaryl/α,β-unsaturated/α-hetero) is 1. The van der Waals surface area contributed by atoms with E-state index >= 15 is 0 Å². The second-order valence-electron chi connectivity index (χ2n) is 5.42. The molecule has 120 valence electrons. The minimum absolute atomic E-state index is 0.189. The van der Waals surface area contributed by atoms with Crippen molar-refractivity contribution in [2.24, 2.45) is 0 Å². The summed E-state index contributed by atoms with van der Waals surface area (Å²) in [7, 11) is 0. The summed E-state index contributed by atoms with van der Waals surface area (Å²) in [5.74, 6) is -0.580. The largest absolute Gasteiger partial charge is 0.503 e. The van der Waals surface area contributed by atoms with Crippen molar-refractivity contribution in [3.8, 4) is 0 Å². The van der Waals surface area contributed by atoms with Crippen molar-refractivity contribution in [1.29, 1.82) is 0 Å². The van der Waals surface area contributed by atoms with E-state index in [1.807, 2.05) is 18.4 Å². The summed E-state index contributed by atoms with van der Waals surface area (Å²) in [6.07, 6.45) is 1.77. The third-order valence-electron chi connectivity index (χ3n) is 3.98. The molecule has 0 fully saturated rings. The Bertz CT molecular complexity index is 772. The lowest BCUT2D eigenvalue weighted by atomic mass is 9.98. The van der Waals surface area contributed by atoms with Crippen LogP contribution in [0.3, 0.4) is 0 Å². The van der Waals surface area contributed by atoms with E-state index in [1.165, 1.54) is 22.5 Å². The smallest absolute Gasteiger partial charge is 0.290 e. The van der Waals surface area contributed by atoms with Gasteiger partial charge in [0.1, 0.15) is 11.8 Å². The SMILES string of the molecule is CCC(=O)C1=C(O)C(=O)N(Cc2ccco2)C1c1sccc1C. The molecule has 2 aromatic rings. The number of hydrogen-bond acceptors (Lipinski definition) is 5. The molecule has 1 amide bonds. The predicted molar refractivity (Wildman–Crippen MR) is 86.0 cm³/mol. The van der Waals surface area contributed by atoms with Gasteiger partial charge in [0.15, 0.2) is 11.5 Å². The summed E-state index contributed by atoms with van der Waals surface area (Å²) in [6.45, 7) is 3.86. The predicted octanol–water partition coefficient (Wildman–Crippen LogP) is 3.52. The van der Waals surface area contributed by atoms with Crippen molar-refractivity contribution >= 4 is 23.0 Å².